The van der Waals surface area contributed by atoms with E-state index in [9.17, 15) is 9.59 Å². The zero-order valence-corrected chi connectivity index (χ0v) is 21.9. The molecular formula is C29H33N5O4. The lowest BCUT2D eigenvalue weighted by Crippen LogP contribution is -2.42. The minimum Gasteiger partial charge on any atom is -0.497 e. The molecule has 0 radical (unpaired) electrons. The molecule has 0 saturated carbocycles. The molecule has 2 aliphatic heterocycles. The lowest BCUT2D eigenvalue weighted by atomic mass is 9.96. The van der Waals surface area contributed by atoms with Gasteiger partial charge in [-0.15, -0.1) is 0 Å². The SMILES string of the molecule is CCOC(=O)C1CCN(c2nc(-c3ccccc3)nc3c2CN(C(=O)Nc2cccc(OC)c2)CC3)CC1. The number of hydrogen-bond donors (Lipinski definition) is 1. The molecule has 9 heteroatoms. The van der Waals surface area contributed by atoms with Crippen LogP contribution in [0.1, 0.15) is 31.0 Å². The van der Waals surface area contributed by atoms with Crippen LogP contribution in [-0.4, -0.2) is 60.2 Å². The summed E-state index contributed by atoms with van der Waals surface area (Å²) in [5.41, 5.74) is 3.56. The van der Waals surface area contributed by atoms with E-state index in [1.807, 2.05) is 55.5 Å². The number of carbonyl (C=O) groups excluding carboxylic acids is 2. The summed E-state index contributed by atoms with van der Waals surface area (Å²) in [5, 5.41) is 2.98. The number of hydrogen-bond acceptors (Lipinski definition) is 7. The monoisotopic (exact) mass is 515 g/mol. The minimum atomic E-state index is -0.178. The summed E-state index contributed by atoms with van der Waals surface area (Å²) in [4.78, 5) is 39.4. The van der Waals surface area contributed by atoms with Gasteiger partial charge in [0.15, 0.2) is 5.82 Å². The van der Waals surface area contributed by atoms with Crippen LogP contribution >= 0.6 is 0 Å². The number of piperidine rings is 1. The van der Waals surface area contributed by atoms with Gasteiger partial charge in [-0.1, -0.05) is 36.4 Å². The maximum Gasteiger partial charge on any atom is 0.322 e. The average Bonchev–Trinajstić information content (AvgIpc) is 2.97. The molecular weight excluding hydrogens is 482 g/mol. The van der Waals surface area contributed by atoms with Gasteiger partial charge in [-0.2, -0.15) is 0 Å². The van der Waals surface area contributed by atoms with E-state index in [0.717, 1.165) is 22.6 Å². The molecule has 198 valence electrons. The van der Waals surface area contributed by atoms with E-state index < -0.39 is 0 Å². The number of urea groups is 1. The third-order valence-corrected chi connectivity index (χ3v) is 7.09. The number of fused-ring (bicyclic) bond motifs is 1. The van der Waals surface area contributed by atoms with Crippen molar-refractivity contribution in [3.8, 4) is 17.1 Å². The van der Waals surface area contributed by atoms with E-state index >= 15 is 0 Å². The third kappa shape index (κ3) is 5.56. The van der Waals surface area contributed by atoms with Crippen molar-refractivity contribution in [2.75, 3.05) is 43.6 Å². The summed E-state index contributed by atoms with van der Waals surface area (Å²) in [6.07, 6.45) is 2.05. The molecule has 0 bridgehead atoms. The highest BCUT2D eigenvalue weighted by Gasteiger charge is 2.31. The Bertz CT molecular complexity index is 1290. The first-order chi connectivity index (χ1) is 18.6. The highest BCUT2D eigenvalue weighted by Crippen LogP contribution is 2.32. The van der Waals surface area contributed by atoms with E-state index in [4.69, 9.17) is 19.4 Å². The summed E-state index contributed by atoms with van der Waals surface area (Å²) >= 11 is 0. The van der Waals surface area contributed by atoms with Gasteiger partial charge in [0.2, 0.25) is 0 Å². The van der Waals surface area contributed by atoms with Crippen LogP contribution in [0, 0.1) is 5.92 Å². The van der Waals surface area contributed by atoms with Crippen LogP contribution in [0.15, 0.2) is 54.6 Å². The van der Waals surface area contributed by atoms with Crippen LogP contribution in [0.25, 0.3) is 11.4 Å². The first kappa shape index (κ1) is 25.5. The fraction of sp³-hybridized carbons (Fsp3) is 0.379. The molecule has 9 nitrogen and oxygen atoms in total. The van der Waals surface area contributed by atoms with E-state index in [1.165, 1.54) is 0 Å². The van der Waals surface area contributed by atoms with Gasteiger partial charge in [0, 0.05) is 48.9 Å². The number of esters is 1. The zero-order valence-electron chi connectivity index (χ0n) is 21.9. The number of benzene rings is 2. The first-order valence-corrected chi connectivity index (χ1v) is 13.1. The van der Waals surface area contributed by atoms with Crippen molar-refractivity contribution in [3.63, 3.8) is 0 Å². The molecule has 5 rings (SSSR count). The number of anilines is 2. The molecule has 2 amide bonds. The summed E-state index contributed by atoms with van der Waals surface area (Å²) in [7, 11) is 1.60. The highest BCUT2D eigenvalue weighted by molar-refractivity contribution is 5.89. The molecule has 1 N–H and O–H groups in total. The molecule has 0 spiro atoms. The van der Waals surface area contributed by atoms with Crippen LogP contribution in [0.2, 0.25) is 0 Å². The van der Waals surface area contributed by atoms with Crippen molar-refractivity contribution in [1.82, 2.24) is 14.9 Å². The normalized spacial score (nSPS) is 15.5. The second-order valence-corrected chi connectivity index (χ2v) is 9.51. The molecule has 0 unspecified atom stereocenters. The molecule has 0 aliphatic carbocycles. The second kappa shape index (κ2) is 11.5. The van der Waals surface area contributed by atoms with Gasteiger partial charge in [0.25, 0.3) is 0 Å². The standard InChI is InChI=1S/C29H33N5O4/c1-3-38-28(35)21-12-15-33(16-13-21)27-24-19-34(29(36)30-22-10-7-11-23(18-22)37-2)17-14-25(24)31-26(32-27)20-8-5-4-6-9-20/h4-11,18,21H,3,12-17,19H2,1-2H3,(H,30,36). The lowest BCUT2D eigenvalue weighted by Gasteiger charge is -2.36. The number of rotatable bonds is 6. The molecule has 3 heterocycles. The molecule has 1 fully saturated rings. The maximum atomic E-state index is 13.2. The molecule has 2 aromatic carbocycles. The van der Waals surface area contributed by atoms with Gasteiger partial charge in [-0.25, -0.2) is 14.8 Å². The van der Waals surface area contributed by atoms with Crippen molar-refractivity contribution < 1.29 is 19.1 Å². The summed E-state index contributed by atoms with van der Waals surface area (Å²) in [6.45, 7) is 4.58. The summed E-state index contributed by atoms with van der Waals surface area (Å²) in [5.74, 6) is 1.99. The Morgan fingerprint density at radius 2 is 1.82 bits per heavy atom. The third-order valence-electron chi connectivity index (χ3n) is 7.09. The molecule has 38 heavy (non-hydrogen) atoms. The minimum absolute atomic E-state index is 0.0948. The first-order valence-electron chi connectivity index (χ1n) is 13.1. The van der Waals surface area contributed by atoms with E-state index in [-0.39, 0.29) is 17.9 Å². The topological polar surface area (TPSA) is 96.9 Å². The Morgan fingerprint density at radius 1 is 1.03 bits per heavy atom. The number of methoxy groups -OCH3 is 1. The fourth-order valence-corrected chi connectivity index (χ4v) is 5.04. The predicted molar refractivity (Wildman–Crippen MR) is 145 cm³/mol. The van der Waals surface area contributed by atoms with Gasteiger partial charge in [0.05, 0.1) is 31.9 Å². The molecule has 2 aliphatic rings. The molecule has 3 aromatic rings. The largest absolute Gasteiger partial charge is 0.497 e. The number of carbonyl (C=O) groups is 2. The Morgan fingerprint density at radius 3 is 2.55 bits per heavy atom. The van der Waals surface area contributed by atoms with Crippen LogP contribution in [0.4, 0.5) is 16.3 Å². The average molecular weight is 516 g/mol. The highest BCUT2D eigenvalue weighted by atomic mass is 16.5. The number of nitrogens with zero attached hydrogens (tertiary/aromatic N) is 4. The van der Waals surface area contributed by atoms with Crippen LogP contribution in [0.3, 0.4) is 0 Å². The van der Waals surface area contributed by atoms with Crippen LogP contribution in [-0.2, 0) is 22.5 Å². The van der Waals surface area contributed by atoms with Gasteiger partial charge >= 0.3 is 12.0 Å². The Kier molecular flexibility index (Phi) is 7.72. The Labute approximate surface area is 222 Å². The number of nitrogens with one attached hydrogen (secondary N) is 1. The summed E-state index contributed by atoms with van der Waals surface area (Å²) in [6, 6.07) is 17.1. The van der Waals surface area contributed by atoms with E-state index in [0.29, 0.717) is 69.3 Å². The fourth-order valence-electron chi connectivity index (χ4n) is 5.04. The van der Waals surface area contributed by atoms with E-state index in [1.54, 1.807) is 18.1 Å². The predicted octanol–water partition coefficient (Wildman–Crippen LogP) is 4.52. The quantitative estimate of drug-likeness (QED) is 0.482. The van der Waals surface area contributed by atoms with Crippen molar-refractivity contribution in [2.45, 2.75) is 32.7 Å². The van der Waals surface area contributed by atoms with E-state index in [2.05, 4.69) is 10.2 Å². The number of aromatic nitrogens is 2. The second-order valence-electron chi connectivity index (χ2n) is 9.51. The van der Waals surface area contributed by atoms with Gasteiger partial charge in [-0.05, 0) is 31.9 Å². The smallest absolute Gasteiger partial charge is 0.322 e. The number of amides is 2. The van der Waals surface area contributed by atoms with Crippen LogP contribution < -0.4 is 15.0 Å². The molecule has 0 atom stereocenters. The number of ether oxygens (including phenoxy) is 2. The maximum absolute atomic E-state index is 13.2. The Balaban J connectivity index is 1.40. The summed E-state index contributed by atoms with van der Waals surface area (Å²) < 4.78 is 10.5. The molecule has 1 saturated heterocycles. The van der Waals surface area contributed by atoms with Crippen molar-refractivity contribution in [1.29, 1.82) is 0 Å². The van der Waals surface area contributed by atoms with Crippen molar-refractivity contribution in [3.05, 3.63) is 65.9 Å². The van der Waals surface area contributed by atoms with Crippen molar-refractivity contribution in [2.24, 2.45) is 5.92 Å². The van der Waals surface area contributed by atoms with Gasteiger partial charge in [-0.3, -0.25) is 4.79 Å². The molecule has 1 aromatic heterocycles. The van der Waals surface area contributed by atoms with Crippen molar-refractivity contribution >= 4 is 23.5 Å². The zero-order chi connectivity index (χ0) is 26.5. The Hall–Kier alpha value is -4.14. The van der Waals surface area contributed by atoms with Gasteiger partial charge in [0.1, 0.15) is 11.6 Å². The van der Waals surface area contributed by atoms with Gasteiger partial charge < -0.3 is 24.6 Å². The van der Waals surface area contributed by atoms with Crippen LogP contribution in [0.5, 0.6) is 5.75 Å². The lowest BCUT2D eigenvalue weighted by molar-refractivity contribution is -0.148.